The molecule has 8 heteroatoms. The Morgan fingerprint density at radius 2 is 1.79 bits per heavy atom. The van der Waals surface area contributed by atoms with E-state index in [4.69, 9.17) is 5.10 Å². The molecule has 2 aliphatic rings. The van der Waals surface area contributed by atoms with Gasteiger partial charge >= 0.3 is 0 Å². The highest BCUT2D eigenvalue weighted by molar-refractivity contribution is 5.98. The maximum absolute atomic E-state index is 13.9. The third kappa shape index (κ3) is 3.16. The first-order valence-corrected chi connectivity index (χ1v) is 11.2. The number of halogens is 1. The second kappa shape index (κ2) is 7.65. The average molecular weight is 442 g/mol. The first-order chi connectivity index (χ1) is 16.1. The molecular weight excluding hydrogens is 419 g/mol. The summed E-state index contributed by atoms with van der Waals surface area (Å²) in [6, 6.07) is 14.0. The van der Waals surface area contributed by atoms with Crippen LogP contribution in [0.5, 0.6) is 0 Å². The van der Waals surface area contributed by atoms with Crippen molar-refractivity contribution in [2.45, 2.75) is 37.8 Å². The molecule has 6 rings (SSSR count). The summed E-state index contributed by atoms with van der Waals surface area (Å²) in [6.07, 6.45) is 6.82. The number of benzene rings is 2. The summed E-state index contributed by atoms with van der Waals surface area (Å²) in [7, 11) is 1.92. The third-order valence-corrected chi connectivity index (χ3v) is 6.80. The van der Waals surface area contributed by atoms with Gasteiger partial charge in [-0.05, 0) is 62.1 Å². The molecule has 2 aliphatic heterocycles. The van der Waals surface area contributed by atoms with E-state index in [0.717, 1.165) is 42.6 Å². The molecule has 0 radical (unpaired) electrons. The van der Waals surface area contributed by atoms with E-state index in [0.29, 0.717) is 11.3 Å². The second-order valence-electron chi connectivity index (χ2n) is 8.70. The average Bonchev–Trinajstić information content (AvgIpc) is 3.47. The first-order valence-electron chi connectivity index (χ1n) is 11.2. The topological polar surface area (TPSA) is 68.8 Å². The zero-order valence-electron chi connectivity index (χ0n) is 18.2. The number of aryl methyl sites for hydroxylation is 1. The molecule has 2 aromatic carbocycles. The molecule has 0 spiro atoms. The van der Waals surface area contributed by atoms with Gasteiger partial charge in [0.2, 0.25) is 0 Å². The molecule has 2 unspecified atom stereocenters. The first kappa shape index (κ1) is 19.8. The van der Waals surface area contributed by atoms with E-state index in [1.165, 1.54) is 22.5 Å². The molecule has 33 heavy (non-hydrogen) atoms. The van der Waals surface area contributed by atoms with Gasteiger partial charge in [0.05, 0.1) is 41.1 Å². The summed E-state index contributed by atoms with van der Waals surface area (Å²) in [5.41, 5.74) is 5.34. The fourth-order valence-corrected chi connectivity index (χ4v) is 5.43. The summed E-state index contributed by atoms with van der Waals surface area (Å²) in [4.78, 5) is 17.4. The van der Waals surface area contributed by atoms with E-state index in [1.807, 2.05) is 40.9 Å². The predicted octanol–water partition coefficient (Wildman–Crippen LogP) is 4.10. The monoisotopic (exact) mass is 442 g/mol. The maximum atomic E-state index is 13.9. The molecular formula is C25H23FN6O. The minimum absolute atomic E-state index is 0.0164. The zero-order chi connectivity index (χ0) is 22.5. The van der Waals surface area contributed by atoms with Crippen LogP contribution in [0.1, 0.15) is 46.9 Å². The van der Waals surface area contributed by atoms with Crippen molar-refractivity contribution in [1.82, 2.24) is 29.7 Å². The van der Waals surface area contributed by atoms with Crippen molar-refractivity contribution < 1.29 is 9.18 Å². The van der Waals surface area contributed by atoms with Crippen molar-refractivity contribution in [3.63, 3.8) is 0 Å². The number of rotatable bonds is 3. The molecule has 0 aliphatic carbocycles. The summed E-state index contributed by atoms with van der Waals surface area (Å²) >= 11 is 0. The lowest BCUT2D eigenvalue weighted by Gasteiger charge is -2.45. The number of amides is 1. The van der Waals surface area contributed by atoms with Gasteiger partial charge in [0.25, 0.3) is 5.91 Å². The van der Waals surface area contributed by atoms with Crippen LogP contribution < -0.4 is 0 Å². The van der Waals surface area contributed by atoms with E-state index >= 15 is 0 Å². The third-order valence-electron chi connectivity index (χ3n) is 6.80. The van der Waals surface area contributed by atoms with Gasteiger partial charge < -0.3 is 4.90 Å². The van der Waals surface area contributed by atoms with Crippen LogP contribution in [0.2, 0.25) is 0 Å². The lowest BCUT2D eigenvalue weighted by molar-refractivity contribution is 0.0391. The van der Waals surface area contributed by atoms with Gasteiger partial charge in [-0.25, -0.2) is 4.39 Å². The Labute approximate surface area is 190 Å². The van der Waals surface area contributed by atoms with Gasteiger partial charge in [0, 0.05) is 24.2 Å². The number of nitrogens with zero attached hydrogens (tertiary/aromatic N) is 6. The lowest BCUT2D eigenvalue weighted by atomic mass is 9.81. The molecule has 0 N–H and O–H groups in total. The van der Waals surface area contributed by atoms with Crippen LogP contribution in [0, 0.1) is 5.82 Å². The summed E-state index contributed by atoms with van der Waals surface area (Å²) < 4.78 is 15.4. The number of carbonyl (C=O) groups excluding carboxylic acids is 1. The smallest absolute Gasteiger partial charge is 0.256 e. The van der Waals surface area contributed by atoms with Crippen LogP contribution in [0.25, 0.3) is 16.9 Å². The van der Waals surface area contributed by atoms with Crippen molar-refractivity contribution in [2.75, 3.05) is 0 Å². The number of hydrogen-bond acceptors (Lipinski definition) is 4. The van der Waals surface area contributed by atoms with Crippen molar-refractivity contribution in [3.05, 3.63) is 83.6 Å². The molecule has 0 saturated carbocycles. The summed E-state index contributed by atoms with van der Waals surface area (Å²) in [5, 5.41) is 13.3. The summed E-state index contributed by atoms with van der Waals surface area (Å²) in [6.45, 7) is 0. The molecule has 7 nitrogen and oxygen atoms in total. The van der Waals surface area contributed by atoms with Crippen molar-refractivity contribution >= 4 is 5.91 Å². The van der Waals surface area contributed by atoms with Crippen LogP contribution in [-0.2, 0) is 13.5 Å². The highest BCUT2D eigenvalue weighted by Crippen LogP contribution is 2.45. The molecule has 2 aromatic heterocycles. The van der Waals surface area contributed by atoms with Gasteiger partial charge in [-0.1, -0.05) is 12.1 Å². The van der Waals surface area contributed by atoms with E-state index in [9.17, 15) is 9.18 Å². The van der Waals surface area contributed by atoms with Gasteiger partial charge in [-0.3, -0.25) is 9.48 Å². The van der Waals surface area contributed by atoms with Crippen LogP contribution in [0.15, 0.2) is 60.9 Å². The maximum Gasteiger partial charge on any atom is 0.256 e. The number of aromatic nitrogens is 5. The second-order valence-corrected chi connectivity index (χ2v) is 8.70. The van der Waals surface area contributed by atoms with Crippen LogP contribution in [0.4, 0.5) is 4.39 Å². The van der Waals surface area contributed by atoms with Gasteiger partial charge in [-0.2, -0.15) is 20.1 Å². The van der Waals surface area contributed by atoms with E-state index in [2.05, 4.69) is 10.2 Å². The lowest BCUT2D eigenvalue weighted by Crippen LogP contribution is -2.50. The SMILES string of the molecule is Cn1nc2c(c1-c1ccc(F)cc1)CC1CCCC2N1C(=O)c1ccccc1-n1nccn1. The minimum atomic E-state index is -0.256. The number of carbonyl (C=O) groups is 1. The fourth-order valence-electron chi connectivity index (χ4n) is 5.43. The normalized spacial score (nSPS) is 19.4. The van der Waals surface area contributed by atoms with E-state index < -0.39 is 0 Å². The molecule has 1 saturated heterocycles. The largest absolute Gasteiger partial charge is 0.327 e. The molecule has 166 valence electrons. The van der Waals surface area contributed by atoms with Crippen molar-refractivity contribution in [2.24, 2.45) is 7.05 Å². The quantitative estimate of drug-likeness (QED) is 0.479. The molecule has 4 aromatic rings. The molecule has 2 bridgehead atoms. The van der Waals surface area contributed by atoms with Crippen LogP contribution in [-0.4, -0.2) is 41.6 Å². The molecule has 2 atom stereocenters. The molecule has 4 heterocycles. The highest BCUT2D eigenvalue weighted by atomic mass is 19.1. The Hall–Kier alpha value is -3.81. The predicted molar refractivity (Wildman–Crippen MR) is 120 cm³/mol. The number of piperidine rings is 1. The van der Waals surface area contributed by atoms with Crippen LogP contribution >= 0.6 is 0 Å². The van der Waals surface area contributed by atoms with Crippen molar-refractivity contribution in [3.8, 4) is 16.9 Å². The number of fused-ring (bicyclic) bond motifs is 4. The Bertz CT molecular complexity index is 1330. The Balaban J connectivity index is 1.42. The Morgan fingerprint density at radius 1 is 1.03 bits per heavy atom. The molecule has 1 fully saturated rings. The number of para-hydroxylation sites is 1. The van der Waals surface area contributed by atoms with Gasteiger partial charge in [0.15, 0.2) is 0 Å². The zero-order valence-corrected chi connectivity index (χ0v) is 18.2. The summed E-state index contributed by atoms with van der Waals surface area (Å²) in [5.74, 6) is -0.272. The van der Waals surface area contributed by atoms with E-state index in [-0.39, 0.29) is 23.8 Å². The Morgan fingerprint density at radius 3 is 2.58 bits per heavy atom. The van der Waals surface area contributed by atoms with Gasteiger partial charge in [0.1, 0.15) is 5.82 Å². The number of hydrogen-bond donors (Lipinski definition) is 0. The van der Waals surface area contributed by atoms with Crippen LogP contribution in [0.3, 0.4) is 0 Å². The van der Waals surface area contributed by atoms with Crippen molar-refractivity contribution in [1.29, 1.82) is 0 Å². The Kier molecular flexibility index (Phi) is 4.60. The molecule has 1 amide bonds. The minimum Gasteiger partial charge on any atom is -0.327 e. The standard InChI is InChI=1S/C25H23FN6O/c1-30-24(16-9-11-17(26)12-10-16)20-15-18-5-4-8-22(23(20)29-30)31(18)25(33)19-6-2-3-7-21(19)32-27-13-14-28-32/h2-3,6-7,9-14,18,22H,4-5,8,15H2,1H3. The fraction of sp³-hybridized carbons (Fsp3) is 0.280. The highest BCUT2D eigenvalue weighted by Gasteiger charge is 2.44. The van der Waals surface area contributed by atoms with E-state index in [1.54, 1.807) is 24.5 Å². The van der Waals surface area contributed by atoms with Gasteiger partial charge in [-0.15, -0.1) is 0 Å².